The minimum atomic E-state index is -0.131. The first-order chi connectivity index (χ1) is 11.5. The average molecular weight is 360 g/mol. The first kappa shape index (κ1) is 16.5. The third-order valence-corrected chi connectivity index (χ3v) is 4.94. The lowest BCUT2D eigenvalue weighted by molar-refractivity contribution is -0.114. The van der Waals surface area contributed by atoms with Crippen LogP contribution in [0.15, 0.2) is 34.8 Å². The van der Waals surface area contributed by atoms with E-state index in [1.54, 1.807) is 0 Å². The molecule has 0 unspecified atom stereocenters. The minimum absolute atomic E-state index is 0.131. The summed E-state index contributed by atoms with van der Waals surface area (Å²) >= 11 is 2.84. The maximum absolute atomic E-state index is 11.0. The van der Waals surface area contributed by atoms with Crippen molar-refractivity contribution in [1.82, 2.24) is 19.9 Å². The van der Waals surface area contributed by atoms with Crippen LogP contribution in [0.2, 0.25) is 0 Å². The molecule has 7 nitrogen and oxygen atoms in total. The van der Waals surface area contributed by atoms with Crippen LogP contribution in [0.5, 0.6) is 0 Å². The van der Waals surface area contributed by atoms with Gasteiger partial charge in [0, 0.05) is 23.6 Å². The van der Waals surface area contributed by atoms with Crippen LogP contribution < -0.4 is 11.2 Å². The summed E-state index contributed by atoms with van der Waals surface area (Å²) in [6, 6.07) is 7.96. The third-order valence-electron chi connectivity index (χ3n) is 3.16. The molecule has 3 N–H and O–H groups in total. The first-order valence-electron chi connectivity index (χ1n) is 7.15. The molecule has 0 atom stereocenters. The number of carbonyl (C=O) groups is 1. The molecular formula is C15H16N6OS2. The van der Waals surface area contributed by atoms with Gasteiger partial charge in [-0.3, -0.25) is 4.79 Å². The lowest BCUT2D eigenvalue weighted by atomic mass is 10.1. The first-order valence-corrected chi connectivity index (χ1v) is 9.02. The number of anilines is 1. The maximum atomic E-state index is 11.0. The monoisotopic (exact) mass is 360 g/mol. The lowest BCUT2D eigenvalue weighted by Gasteiger charge is -2.03. The number of nitrogens with zero attached hydrogens (tertiary/aromatic N) is 4. The predicted octanol–water partition coefficient (Wildman–Crippen LogP) is 2.67. The number of amides is 1. The van der Waals surface area contributed by atoms with Crippen LogP contribution in [0.3, 0.4) is 0 Å². The second kappa shape index (κ2) is 7.02. The van der Waals surface area contributed by atoms with Gasteiger partial charge in [0.1, 0.15) is 0 Å². The molecule has 2 heterocycles. The third kappa shape index (κ3) is 3.74. The summed E-state index contributed by atoms with van der Waals surface area (Å²) in [7, 11) is 0. The Kier molecular flexibility index (Phi) is 4.81. The molecule has 0 spiro atoms. The number of hydrogen-bond acceptors (Lipinski definition) is 7. The average Bonchev–Trinajstić information content (AvgIpc) is 3.12. The number of aromatic nitrogens is 4. The number of carbonyl (C=O) groups excluding carboxylic acids is 1. The van der Waals surface area contributed by atoms with Gasteiger partial charge in [-0.25, -0.2) is 9.66 Å². The van der Waals surface area contributed by atoms with E-state index in [-0.39, 0.29) is 5.91 Å². The van der Waals surface area contributed by atoms with E-state index in [0.717, 1.165) is 11.3 Å². The highest BCUT2D eigenvalue weighted by Crippen LogP contribution is 2.26. The van der Waals surface area contributed by atoms with E-state index in [4.69, 9.17) is 5.84 Å². The Hall–Kier alpha value is -2.39. The summed E-state index contributed by atoms with van der Waals surface area (Å²) in [5, 5.41) is 14.1. The van der Waals surface area contributed by atoms with E-state index in [9.17, 15) is 4.79 Å². The number of benzene rings is 1. The normalized spacial score (nSPS) is 10.8. The van der Waals surface area contributed by atoms with Crippen LogP contribution >= 0.6 is 23.1 Å². The Morgan fingerprint density at radius 1 is 1.33 bits per heavy atom. The number of nitrogens with one attached hydrogen (secondary N) is 1. The lowest BCUT2D eigenvalue weighted by Crippen LogP contribution is -2.11. The number of rotatable bonds is 5. The highest BCUT2D eigenvalue weighted by atomic mass is 32.2. The number of hydrogen-bond donors (Lipinski definition) is 2. The summed E-state index contributed by atoms with van der Waals surface area (Å²) in [4.78, 5) is 15.4. The van der Waals surface area contributed by atoms with E-state index in [1.807, 2.05) is 36.6 Å². The van der Waals surface area contributed by atoms with Crippen LogP contribution in [-0.4, -0.2) is 25.8 Å². The zero-order valence-electron chi connectivity index (χ0n) is 13.2. The molecule has 1 amide bonds. The van der Waals surface area contributed by atoms with Crippen molar-refractivity contribution in [2.24, 2.45) is 0 Å². The molecule has 1 aromatic carbocycles. The molecule has 2 aromatic heterocycles. The summed E-state index contributed by atoms with van der Waals surface area (Å²) in [5.74, 6) is 7.19. The Balaban J connectivity index is 1.69. The number of nitrogens with two attached hydrogens (primary N) is 1. The predicted molar refractivity (Wildman–Crippen MR) is 96.3 cm³/mol. The van der Waals surface area contributed by atoms with Crippen molar-refractivity contribution in [3.63, 3.8) is 0 Å². The summed E-state index contributed by atoms with van der Waals surface area (Å²) in [6.45, 7) is 3.49. The smallest absolute Gasteiger partial charge is 0.223 e. The van der Waals surface area contributed by atoms with Gasteiger partial charge in [-0.2, -0.15) is 0 Å². The van der Waals surface area contributed by atoms with Crippen molar-refractivity contribution in [3.05, 3.63) is 40.9 Å². The molecular weight excluding hydrogens is 344 g/mol. The quantitative estimate of drug-likeness (QED) is 0.536. The fourth-order valence-corrected chi connectivity index (χ4v) is 3.61. The number of thioether (sulfide) groups is 1. The van der Waals surface area contributed by atoms with E-state index in [0.29, 0.717) is 21.9 Å². The second-order valence-corrected chi connectivity index (χ2v) is 6.96. The van der Waals surface area contributed by atoms with Gasteiger partial charge in [0.15, 0.2) is 11.0 Å². The molecule has 0 saturated heterocycles. The molecule has 0 aliphatic heterocycles. The molecule has 0 aliphatic carbocycles. The largest absolute Gasteiger partial charge is 0.335 e. The van der Waals surface area contributed by atoms with Crippen LogP contribution in [-0.2, 0) is 10.5 Å². The number of nitrogen functional groups attached to an aromatic ring is 1. The van der Waals surface area contributed by atoms with Gasteiger partial charge < -0.3 is 11.2 Å². The fourth-order valence-electron chi connectivity index (χ4n) is 1.99. The van der Waals surface area contributed by atoms with E-state index >= 15 is 0 Å². The molecule has 0 radical (unpaired) electrons. The van der Waals surface area contributed by atoms with Gasteiger partial charge >= 0.3 is 0 Å². The second-order valence-electron chi connectivity index (χ2n) is 5.16. The minimum Gasteiger partial charge on any atom is -0.335 e. The number of thiazole rings is 1. The molecule has 124 valence electrons. The Labute approximate surface area is 147 Å². The Bertz CT molecular complexity index is 855. The topological polar surface area (TPSA) is 98.7 Å². The van der Waals surface area contributed by atoms with Crippen molar-refractivity contribution in [2.75, 3.05) is 11.2 Å². The van der Waals surface area contributed by atoms with Crippen LogP contribution in [0.25, 0.3) is 11.4 Å². The summed E-state index contributed by atoms with van der Waals surface area (Å²) in [6.07, 6.45) is 0. The van der Waals surface area contributed by atoms with Gasteiger partial charge in [-0.1, -0.05) is 41.6 Å². The zero-order valence-corrected chi connectivity index (χ0v) is 14.8. The van der Waals surface area contributed by atoms with Crippen molar-refractivity contribution in [1.29, 1.82) is 0 Å². The zero-order chi connectivity index (χ0) is 17.1. The Morgan fingerprint density at radius 3 is 2.79 bits per heavy atom. The molecule has 0 aliphatic rings. The van der Waals surface area contributed by atoms with Crippen molar-refractivity contribution >= 4 is 34.1 Å². The highest BCUT2D eigenvalue weighted by Gasteiger charge is 2.13. The molecule has 9 heteroatoms. The molecule has 3 aromatic rings. The van der Waals surface area contributed by atoms with Gasteiger partial charge in [-0.15, -0.1) is 21.5 Å². The maximum Gasteiger partial charge on any atom is 0.223 e. The Morgan fingerprint density at radius 2 is 2.08 bits per heavy atom. The molecule has 0 fully saturated rings. The molecule has 0 bridgehead atoms. The van der Waals surface area contributed by atoms with Crippen LogP contribution in [0, 0.1) is 6.92 Å². The fraction of sp³-hybridized carbons (Fsp3) is 0.200. The van der Waals surface area contributed by atoms with E-state index in [1.165, 1.54) is 40.3 Å². The van der Waals surface area contributed by atoms with Gasteiger partial charge in [0.05, 0.1) is 5.69 Å². The van der Waals surface area contributed by atoms with Crippen molar-refractivity contribution < 1.29 is 4.79 Å². The molecule has 3 rings (SSSR count). The van der Waals surface area contributed by atoms with E-state index < -0.39 is 0 Å². The summed E-state index contributed by atoms with van der Waals surface area (Å²) < 4.78 is 1.48. The van der Waals surface area contributed by atoms with Gasteiger partial charge in [0.25, 0.3) is 0 Å². The van der Waals surface area contributed by atoms with Gasteiger partial charge in [0.2, 0.25) is 11.1 Å². The molecule has 0 saturated carbocycles. The van der Waals surface area contributed by atoms with Gasteiger partial charge in [-0.05, 0) is 6.92 Å². The highest BCUT2D eigenvalue weighted by molar-refractivity contribution is 7.98. The van der Waals surface area contributed by atoms with Crippen molar-refractivity contribution in [3.8, 4) is 11.4 Å². The summed E-state index contributed by atoms with van der Waals surface area (Å²) in [5.41, 5.74) is 2.95. The standard InChI is InChI=1S/C15H16N6OS2/c1-9-3-5-11(6-4-9)13-19-20-15(21(13)16)24-8-12-7-23-14(18-12)17-10(2)22/h3-7H,8,16H2,1-2H3,(H,17,18,22). The van der Waals surface area contributed by atoms with Crippen LogP contribution in [0.1, 0.15) is 18.2 Å². The number of aryl methyl sites for hydroxylation is 1. The van der Waals surface area contributed by atoms with Crippen LogP contribution in [0.4, 0.5) is 5.13 Å². The van der Waals surface area contributed by atoms with Crippen molar-refractivity contribution in [2.45, 2.75) is 24.8 Å². The van der Waals surface area contributed by atoms with E-state index in [2.05, 4.69) is 20.5 Å². The SMILES string of the molecule is CC(=O)Nc1nc(CSc2nnc(-c3ccc(C)cc3)n2N)cs1. The molecule has 24 heavy (non-hydrogen) atoms.